The van der Waals surface area contributed by atoms with Crippen molar-refractivity contribution in [1.29, 1.82) is 0 Å². The van der Waals surface area contributed by atoms with Crippen LogP contribution in [-0.4, -0.2) is 42.0 Å². The van der Waals surface area contributed by atoms with Crippen molar-refractivity contribution in [1.82, 2.24) is 4.90 Å². The van der Waals surface area contributed by atoms with E-state index in [1.165, 1.54) is 18.2 Å². The molecule has 0 spiro atoms. The molecule has 108 valence electrons. The molecule has 2 rings (SSSR count). The molecule has 0 N–H and O–H groups in total. The maximum absolute atomic E-state index is 12.2. The Morgan fingerprint density at radius 1 is 1.60 bits per heavy atom. The van der Waals surface area contributed by atoms with Crippen molar-refractivity contribution in [3.8, 4) is 0 Å². The zero-order chi connectivity index (χ0) is 14.7. The summed E-state index contributed by atoms with van der Waals surface area (Å²) in [6.07, 6.45) is 2.02. The molecule has 0 saturated carbocycles. The number of nitro groups is 1. The van der Waals surface area contributed by atoms with Gasteiger partial charge in [-0.15, -0.1) is 0 Å². The van der Waals surface area contributed by atoms with Crippen LogP contribution in [0.5, 0.6) is 0 Å². The molecule has 1 fully saturated rings. The fourth-order valence-electron chi connectivity index (χ4n) is 2.19. The predicted octanol–water partition coefficient (Wildman–Crippen LogP) is 2.50. The van der Waals surface area contributed by atoms with Gasteiger partial charge in [-0.25, -0.2) is 0 Å². The third-order valence-corrected chi connectivity index (χ3v) is 3.54. The van der Waals surface area contributed by atoms with E-state index in [2.05, 4.69) is 0 Å². The Bertz CT molecular complexity index is 529. The van der Waals surface area contributed by atoms with E-state index in [0.717, 1.165) is 19.4 Å². The molecule has 0 radical (unpaired) electrons. The first kappa shape index (κ1) is 14.7. The number of nitro benzene ring substituents is 1. The molecule has 1 aromatic carbocycles. The van der Waals surface area contributed by atoms with Crippen molar-refractivity contribution >= 4 is 23.2 Å². The monoisotopic (exact) mass is 298 g/mol. The maximum atomic E-state index is 12.2. The summed E-state index contributed by atoms with van der Waals surface area (Å²) < 4.78 is 5.47. The number of hydrogen-bond donors (Lipinski definition) is 0. The number of ether oxygens (including phenoxy) is 1. The van der Waals surface area contributed by atoms with Gasteiger partial charge in [-0.3, -0.25) is 14.9 Å². The zero-order valence-corrected chi connectivity index (χ0v) is 11.8. The highest BCUT2D eigenvalue weighted by atomic mass is 35.5. The summed E-state index contributed by atoms with van der Waals surface area (Å²) in [5.74, 6) is -0.225. The van der Waals surface area contributed by atoms with E-state index >= 15 is 0 Å². The molecule has 6 nitrogen and oxygen atoms in total. The van der Waals surface area contributed by atoms with Gasteiger partial charge < -0.3 is 9.64 Å². The van der Waals surface area contributed by atoms with Crippen LogP contribution in [0.3, 0.4) is 0 Å². The van der Waals surface area contributed by atoms with Crippen molar-refractivity contribution in [2.45, 2.75) is 18.9 Å². The highest BCUT2D eigenvalue weighted by molar-refractivity contribution is 6.33. The summed E-state index contributed by atoms with van der Waals surface area (Å²) in [6.45, 7) is 1.24. The van der Waals surface area contributed by atoms with Crippen LogP contribution in [0.15, 0.2) is 18.2 Å². The summed E-state index contributed by atoms with van der Waals surface area (Å²) in [6, 6.07) is 3.99. The largest absolute Gasteiger partial charge is 0.376 e. The van der Waals surface area contributed by atoms with E-state index in [9.17, 15) is 14.9 Å². The molecule has 1 amide bonds. The Kier molecular flexibility index (Phi) is 4.57. The Balaban J connectivity index is 2.08. The molecular formula is C13H15ClN2O4. The molecule has 7 heteroatoms. The minimum absolute atomic E-state index is 0.0358. The van der Waals surface area contributed by atoms with Gasteiger partial charge in [0, 0.05) is 31.8 Å². The number of rotatable bonds is 4. The Morgan fingerprint density at radius 3 is 2.90 bits per heavy atom. The minimum atomic E-state index is -0.577. The topological polar surface area (TPSA) is 72.7 Å². The fraction of sp³-hybridized carbons (Fsp3) is 0.462. The molecule has 1 atom stereocenters. The summed E-state index contributed by atoms with van der Waals surface area (Å²) in [5, 5.41) is 10.6. The van der Waals surface area contributed by atoms with Crippen LogP contribution >= 0.6 is 11.6 Å². The number of carbonyl (C=O) groups is 1. The summed E-state index contributed by atoms with van der Waals surface area (Å²) in [4.78, 5) is 23.9. The Labute approximate surface area is 121 Å². The number of carbonyl (C=O) groups excluding carboxylic acids is 1. The van der Waals surface area contributed by atoms with Crippen LogP contribution < -0.4 is 0 Å². The maximum Gasteiger partial charge on any atom is 0.287 e. The second-order valence-electron chi connectivity index (χ2n) is 4.74. The zero-order valence-electron chi connectivity index (χ0n) is 11.0. The first-order valence-electron chi connectivity index (χ1n) is 6.30. The summed E-state index contributed by atoms with van der Waals surface area (Å²) >= 11 is 5.81. The first-order chi connectivity index (χ1) is 9.49. The molecule has 1 heterocycles. The lowest BCUT2D eigenvalue weighted by Crippen LogP contribution is -2.34. The van der Waals surface area contributed by atoms with Crippen LogP contribution in [0, 0.1) is 10.1 Å². The van der Waals surface area contributed by atoms with E-state index in [-0.39, 0.29) is 22.7 Å². The molecule has 0 bridgehead atoms. The predicted molar refractivity (Wildman–Crippen MR) is 74.0 cm³/mol. The summed E-state index contributed by atoms with van der Waals surface area (Å²) in [5.41, 5.74) is 0.131. The van der Waals surface area contributed by atoms with Crippen molar-refractivity contribution in [2.24, 2.45) is 0 Å². The molecule has 0 aromatic heterocycles. The van der Waals surface area contributed by atoms with Gasteiger partial charge in [-0.2, -0.15) is 0 Å². The molecule has 1 aliphatic rings. The molecule has 1 saturated heterocycles. The number of likely N-dealkylation sites (N-methyl/N-ethyl adjacent to an activating group) is 1. The van der Waals surface area contributed by atoms with Gasteiger partial charge in [-0.05, 0) is 25.0 Å². The van der Waals surface area contributed by atoms with Gasteiger partial charge in [0.1, 0.15) is 5.02 Å². The fourth-order valence-corrected chi connectivity index (χ4v) is 2.43. The van der Waals surface area contributed by atoms with E-state index in [1.807, 2.05) is 0 Å². The van der Waals surface area contributed by atoms with Gasteiger partial charge in [0.2, 0.25) is 0 Å². The second-order valence-corrected chi connectivity index (χ2v) is 5.15. The molecule has 1 aromatic rings. The standard InChI is InChI=1S/C13H15ClN2O4/c1-15(8-10-3-2-6-20-10)13(17)9-4-5-12(16(18)19)11(14)7-9/h4-5,7,10H,2-3,6,8H2,1H3. The van der Waals surface area contributed by atoms with Crippen LogP contribution in [0.1, 0.15) is 23.2 Å². The Hall–Kier alpha value is -1.66. The smallest absolute Gasteiger partial charge is 0.287 e. The average molecular weight is 299 g/mol. The SMILES string of the molecule is CN(CC1CCCO1)C(=O)c1ccc([N+](=O)[O-])c(Cl)c1. The quantitative estimate of drug-likeness (QED) is 0.632. The van der Waals surface area contributed by atoms with Gasteiger partial charge in [0.25, 0.3) is 11.6 Å². The normalized spacial score (nSPS) is 18.0. The third-order valence-electron chi connectivity index (χ3n) is 3.24. The lowest BCUT2D eigenvalue weighted by Gasteiger charge is -2.20. The highest BCUT2D eigenvalue weighted by Crippen LogP contribution is 2.25. The molecule has 0 aliphatic carbocycles. The van der Waals surface area contributed by atoms with Crippen LogP contribution in [0.25, 0.3) is 0 Å². The first-order valence-corrected chi connectivity index (χ1v) is 6.68. The number of benzene rings is 1. The number of amides is 1. The molecule has 1 unspecified atom stereocenters. The van der Waals surface area contributed by atoms with Gasteiger partial charge in [0.15, 0.2) is 0 Å². The molecule has 1 aliphatic heterocycles. The van der Waals surface area contributed by atoms with Crippen molar-refractivity contribution < 1.29 is 14.5 Å². The van der Waals surface area contributed by atoms with E-state index in [0.29, 0.717) is 12.1 Å². The van der Waals surface area contributed by atoms with Crippen LogP contribution in [0.2, 0.25) is 5.02 Å². The lowest BCUT2D eigenvalue weighted by atomic mass is 10.1. The summed E-state index contributed by atoms with van der Waals surface area (Å²) in [7, 11) is 1.68. The van der Waals surface area contributed by atoms with Crippen LogP contribution in [0.4, 0.5) is 5.69 Å². The lowest BCUT2D eigenvalue weighted by molar-refractivity contribution is -0.384. The van der Waals surface area contributed by atoms with Crippen LogP contribution in [-0.2, 0) is 4.74 Å². The number of nitrogens with zero attached hydrogens (tertiary/aromatic N) is 2. The molecular weight excluding hydrogens is 284 g/mol. The van der Waals surface area contributed by atoms with Gasteiger partial charge in [0.05, 0.1) is 11.0 Å². The van der Waals surface area contributed by atoms with E-state index < -0.39 is 4.92 Å². The van der Waals surface area contributed by atoms with Crippen molar-refractivity contribution in [3.05, 3.63) is 38.9 Å². The van der Waals surface area contributed by atoms with Gasteiger partial charge >= 0.3 is 0 Å². The van der Waals surface area contributed by atoms with E-state index in [1.54, 1.807) is 11.9 Å². The number of halogens is 1. The van der Waals surface area contributed by atoms with Crippen molar-refractivity contribution in [3.63, 3.8) is 0 Å². The highest BCUT2D eigenvalue weighted by Gasteiger charge is 2.22. The second kappa shape index (κ2) is 6.19. The average Bonchev–Trinajstić information content (AvgIpc) is 2.90. The minimum Gasteiger partial charge on any atom is -0.376 e. The van der Waals surface area contributed by atoms with Gasteiger partial charge in [-0.1, -0.05) is 11.6 Å². The molecule has 20 heavy (non-hydrogen) atoms. The van der Waals surface area contributed by atoms with Crippen molar-refractivity contribution in [2.75, 3.05) is 20.2 Å². The number of hydrogen-bond acceptors (Lipinski definition) is 4. The third kappa shape index (κ3) is 3.26. The Morgan fingerprint density at radius 2 is 2.35 bits per heavy atom. The van der Waals surface area contributed by atoms with E-state index in [4.69, 9.17) is 16.3 Å².